The highest BCUT2D eigenvalue weighted by Crippen LogP contribution is 2.31. The van der Waals surface area contributed by atoms with Crippen LogP contribution in [0.5, 0.6) is 0 Å². The standard InChI is InChI=1S/C18H24O3/c1-13(2)17(19)15-8-10-16(11-9-15)18(20)21-12-14-6-4-3-5-7-14/h3-7,13,15-16H,8-12H2,1-2H3. The van der Waals surface area contributed by atoms with Crippen LogP contribution in [0.4, 0.5) is 0 Å². The second kappa shape index (κ2) is 7.39. The van der Waals surface area contributed by atoms with E-state index in [4.69, 9.17) is 4.74 Å². The van der Waals surface area contributed by atoms with Gasteiger partial charge in [0, 0.05) is 11.8 Å². The molecule has 1 fully saturated rings. The maximum absolute atomic E-state index is 12.1. The van der Waals surface area contributed by atoms with Crippen LogP contribution in [0.25, 0.3) is 0 Å². The molecule has 21 heavy (non-hydrogen) atoms. The van der Waals surface area contributed by atoms with Crippen LogP contribution < -0.4 is 0 Å². The number of benzene rings is 1. The van der Waals surface area contributed by atoms with Crippen LogP contribution in [0, 0.1) is 17.8 Å². The van der Waals surface area contributed by atoms with E-state index in [0.29, 0.717) is 12.4 Å². The van der Waals surface area contributed by atoms with E-state index in [2.05, 4.69) is 0 Å². The van der Waals surface area contributed by atoms with Gasteiger partial charge in [0.15, 0.2) is 0 Å². The Hall–Kier alpha value is -1.64. The molecule has 0 unspecified atom stereocenters. The Labute approximate surface area is 126 Å². The van der Waals surface area contributed by atoms with Gasteiger partial charge in [0.2, 0.25) is 0 Å². The van der Waals surface area contributed by atoms with E-state index < -0.39 is 0 Å². The summed E-state index contributed by atoms with van der Waals surface area (Å²) in [6.07, 6.45) is 3.19. The highest BCUT2D eigenvalue weighted by atomic mass is 16.5. The lowest BCUT2D eigenvalue weighted by atomic mass is 9.78. The van der Waals surface area contributed by atoms with E-state index in [0.717, 1.165) is 31.2 Å². The van der Waals surface area contributed by atoms with Crippen molar-refractivity contribution in [2.45, 2.75) is 46.1 Å². The maximum Gasteiger partial charge on any atom is 0.309 e. The average Bonchev–Trinajstić information content (AvgIpc) is 2.53. The minimum atomic E-state index is -0.116. The largest absolute Gasteiger partial charge is 0.461 e. The summed E-state index contributed by atoms with van der Waals surface area (Å²) < 4.78 is 5.39. The fourth-order valence-corrected chi connectivity index (χ4v) is 2.93. The smallest absolute Gasteiger partial charge is 0.309 e. The molecule has 0 bridgehead atoms. The molecule has 3 heteroatoms. The number of hydrogen-bond donors (Lipinski definition) is 0. The number of hydrogen-bond acceptors (Lipinski definition) is 3. The molecule has 1 saturated carbocycles. The van der Waals surface area contributed by atoms with Crippen LogP contribution in [0.15, 0.2) is 30.3 Å². The lowest BCUT2D eigenvalue weighted by Crippen LogP contribution is -2.29. The Morgan fingerprint density at radius 2 is 1.62 bits per heavy atom. The van der Waals surface area contributed by atoms with Crippen LogP contribution in [0.1, 0.15) is 45.1 Å². The third-order valence-corrected chi connectivity index (χ3v) is 4.26. The van der Waals surface area contributed by atoms with Gasteiger partial charge in [0.1, 0.15) is 12.4 Å². The summed E-state index contributed by atoms with van der Waals surface area (Å²) in [7, 11) is 0. The highest BCUT2D eigenvalue weighted by molar-refractivity contribution is 5.83. The zero-order chi connectivity index (χ0) is 15.2. The Morgan fingerprint density at radius 3 is 2.19 bits per heavy atom. The first kappa shape index (κ1) is 15.7. The quantitative estimate of drug-likeness (QED) is 0.775. The van der Waals surface area contributed by atoms with Gasteiger partial charge in [-0.3, -0.25) is 9.59 Å². The molecule has 0 N–H and O–H groups in total. The van der Waals surface area contributed by atoms with Gasteiger partial charge in [-0.1, -0.05) is 44.2 Å². The topological polar surface area (TPSA) is 43.4 Å². The zero-order valence-corrected chi connectivity index (χ0v) is 12.9. The number of rotatable bonds is 5. The molecule has 0 heterocycles. The monoisotopic (exact) mass is 288 g/mol. The van der Waals surface area contributed by atoms with E-state index in [9.17, 15) is 9.59 Å². The van der Waals surface area contributed by atoms with Gasteiger partial charge >= 0.3 is 5.97 Å². The second-order valence-electron chi connectivity index (χ2n) is 6.20. The lowest BCUT2D eigenvalue weighted by Gasteiger charge is -2.27. The van der Waals surface area contributed by atoms with Crippen molar-refractivity contribution < 1.29 is 14.3 Å². The van der Waals surface area contributed by atoms with Crippen molar-refractivity contribution in [3.63, 3.8) is 0 Å². The normalized spacial score (nSPS) is 22.0. The molecule has 0 atom stereocenters. The molecule has 0 saturated heterocycles. The molecule has 1 aliphatic rings. The van der Waals surface area contributed by atoms with Crippen molar-refractivity contribution in [1.82, 2.24) is 0 Å². The van der Waals surface area contributed by atoms with Gasteiger partial charge in [-0.2, -0.15) is 0 Å². The summed E-state index contributed by atoms with van der Waals surface area (Å²) in [4.78, 5) is 24.0. The third kappa shape index (κ3) is 4.42. The molecule has 0 aliphatic heterocycles. The molecule has 0 amide bonds. The Balaban J connectivity index is 1.77. The van der Waals surface area contributed by atoms with E-state index in [1.165, 1.54) is 0 Å². The Bertz CT molecular complexity index is 470. The number of Topliss-reactive ketones (excluding diaryl/α,β-unsaturated/α-hetero) is 1. The summed E-state index contributed by atoms with van der Waals surface area (Å²) in [5, 5.41) is 0. The van der Waals surface area contributed by atoms with Gasteiger partial charge in [-0.25, -0.2) is 0 Å². The van der Waals surface area contributed by atoms with E-state index in [1.54, 1.807) is 0 Å². The van der Waals surface area contributed by atoms with E-state index in [-0.39, 0.29) is 23.7 Å². The van der Waals surface area contributed by atoms with Crippen molar-refractivity contribution in [2.24, 2.45) is 17.8 Å². The second-order valence-corrected chi connectivity index (χ2v) is 6.20. The summed E-state index contributed by atoms with van der Waals surface area (Å²) in [6, 6.07) is 9.72. The minimum absolute atomic E-state index is 0.0371. The number of carbonyl (C=O) groups excluding carboxylic acids is 2. The van der Waals surface area contributed by atoms with Crippen LogP contribution in [0.3, 0.4) is 0 Å². The predicted molar refractivity (Wildman–Crippen MR) is 81.5 cm³/mol. The fraction of sp³-hybridized carbons (Fsp3) is 0.556. The van der Waals surface area contributed by atoms with Crippen molar-refractivity contribution in [3.8, 4) is 0 Å². The van der Waals surface area contributed by atoms with E-state index >= 15 is 0 Å². The summed E-state index contributed by atoms with van der Waals surface area (Å²) >= 11 is 0. The SMILES string of the molecule is CC(C)C(=O)C1CCC(C(=O)OCc2ccccc2)CC1. The number of carbonyl (C=O) groups is 2. The highest BCUT2D eigenvalue weighted by Gasteiger charge is 2.31. The first-order valence-electron chi connectivity index (χ1n) is 7.82. The maximum atomic E-state index is 12.1. The first-order chi connectivity index (χ1) is 10.1. The number of esters is 1. The average molecular weight is 288 g/mol. The van der Waals surface area contributed by atoms with Gasteiger partial charge in [0.05, 0.1) is 5.92 Å². The van der Waals surface area contributed by atoms with Gasteiger partial charge in [-0.15, -0.1) is 0 Å². The molecule has 2 rings (SSSR count). The van der Waals surface area contributed by atoms with Crippen molar-refractivity contribution >= 4 is 11.8 Å². The van der Waals surface area contributed by atoms with E-state index in [1.807, 2.05) is 44.2 Å². The molecule has 1 aromatic rings. The lowest BCUT2D eigenvalue weighted by molar-refractivity contribution is -0.152. The molecule has 0 aromatic heterocycles. The van der Waals surface area contributed by atoms with Crippen LogP contribution in [0.2, 0.25) is 0 Å². The van der Waals surface area contributed by atoms with Gasteiger partial charge in [0.25, 0.3) is 0 Å². The molecule has 0 spiro atoms. The summed E-state index contributed by atoms with van der Waals surface area (Å²) in [6.45, 7) is 4.23. The number of ketones is 1. The van der Waals surface area contributed by atoms with Crippen molar-refractivity contribution in [3.05, 3.63) is 35.9 Å². The Kier molecular flexibility index (Phi) is 5.54. The fourth-order valence-electron chi connectivity index (χ4n) is 2.93. The molecule has 0 radical (unpaired) electrons. The van der Waals surface area contributed by atoms with Crippen LogP contribution in [-0.2, 0) is 20.9 Å². The molecule has 3 nitrogen and oxygen atoms in total. The summed E-state index contributed by atoms with van der Waals surface area (Å²) in [5.74, 6) is 0.421. The van der Waals surface area contributed by atoms with Crippen molar-refractivity contribution in [2.75, 3.05) is 0 Å². The van der Waals surface area contributed by atoms with Crippen LogP contribution in [-0.4, -0.2) is 11.8 Å². The van der Waals surface area contributed by atoms with Gasteiger partial charge in [-0.05, 0) is 31.2 Å². The predicted octanol–water partition coefficient (Wildman–Crippen LogP) is 3.76. The minimum Gasteiger partial charge on any atom is -0.461 e. The zero-order valence-electron chi connectivity index (χ0n) is 12.9. The molecule has 1 aromatic carbocycles. The molecular weight excluding hydrogens is 264 g/mol. The van der Waals surface area contributed by atoms with Crippen LogP contribution >= 0.6 is 0 Å². The summed E-state index contributed by atoms with van der Waals surface area (Å²) in [5.41, 5.74) is 1.01. The number of ether oxygens (including phenoxy) is 1. The molecule has 1 aliphatic carbocycles. The Morgan fingerprint density at radius 1 is 1.05 bits per heavy atom. The first-order valence-corrected chi connectivity index (χ1v) is 7.82. The third-order valence-electron chi connectivity index (χ3n) is 4.26. The molecule has 114 valence electrons. The van der Waals surface area contributed by atoms with Crippen molar-refractivity contribution in [1.29, 1.82) is 0 Å². The molecular formula is C18H24O3. The van der Waals surface area contributed by atoms with Gasteiger partial charge < -0.3 is 4.74 Å².